The summed E-state index contributed by atoms with van der Waals surface area (Å²) in [7, 11) is -1.97. The highest BCUT2D eigenvalue weighted by molar-refractivity contribution is 7.89. The minimum absolute atomic E-state index is 0.141. The molecule has 3 heterocycles. The second-order valence-corrected chi connectivity index (χ2v) is 10.5. The number of benzene rings is 1. The number of piperidine rings is 1. The van der Waals surface area contributed by atoms with Gasteiger partial charge < -0.3 is 4.74 Å². The number of sulfonamides is 1. The smallest absolute Gasteiger partial charge is 0.243 e. The van der Waals surface area contributed by atoms with Crippen LogP contribution in [0.2, 0.25) is 0 Å². The zero-order valence-corrected chi connectivity index (χ0v) is 18.9. The predicted octanol–water partition coefficient (Wildman–Crippen LogP) is 3.20. The van der Waals surface area contributed by atoms with E-state index in [1.807, 2.05) is 30.5 Å². The van der Waals surface area contributed by atoms with E-state index in [9.17, 15) is 8.42 Å². The molecule has 0 atom stereocenters. The number of ether oxygens (including phenoxy) is 1. The molecular formula is C22H27N5O3S. The fraction of sp³-hybridized carbons (Fsp3) is 0.500. The van der Waals surface area contributed by atoms with E-state index in [1.54, 1.807) is 23.5 Å². The van der Waals surface area contributed by atoms with Crippen LogP contribution in [0.3, 0.4) is 0 Å². The predicted molar refractivity (Wildman–Crippen MR) is 116 cm³/mol. The van der Waals surface area contributed by atoms with Gasteiger partial charge >= 0.3 is 0 Å². The van der Waals surface area contributed by atoms with Gasteiger partial charge in [-0.2, -0.15) is 13.9 Å². The third-order valence-corrected chi connectivity index (χ3v) is 8.47. The van der Waals surface area contributed by atoms with Gasteiger partial charge in [-0.05, 0) is 74.9 Å². The van der Waals surface area contributed by atoms with Crippen molar-refractivity contribution in [3.05, 3.63) is 46.9 Å². The van der Waals surface area contributed by atoms with Gasteiger partial charge in [0.25, 0.3) is 0 Å². The Labute approximate surface area is 182 Å². The summed E-state index contributed by atoms with van der Waals surface area (Å²) in [4.78, 5) is 0.355. The highest BCUT2D eigenvalue weighted by atomic mass is 32.2. The Morgan fingerprint density at radius 1 is 0.968 bits per heavy atom. The van der Waals surface area contributed by atoms with Crippen molar-refractivity contribution in [1.29, 1.82) is 0 Å². The molecule has 1 aromatic carbocycles. The zero-order chi connectivity index (χ0) is 21.8. The van der Waals surface area contributed by atoms with Crippen molar-refractivity contribution in [1.82, 2.24) is 24.1 Å². The molecule has 31 heavy (non-hydrogen) atoms. The summed E-state index contributed by atoms with van der Waals surface area (Å²) >= 11 is 0. The van der Waals surface area contributed by atoms with Crippen LogP contribution in [0, 0.1) is 13.8 Å². The maximum Gasteiger partial charge on any atom is 0.243 e. The van der Waals surface area contributed by atoms with E-state index < -0.39 is 10.0 Å². The number of aromatic nitrogens is 4. The number of nitrogens with zero attached hydrogens (tertiary/aromatic N) is 5. The molecule has 8 nitrogen and oxygen atoms in total. The SMILES string of the molecule is COc1cc(C)c(S(=O)(=O)N2CCC(c3nnc4ccc(C5CC5)nn34)CC2)cc1C. The fourth-order valence-corrected chi connectivity index (χ4v) is 6.19. The first-order chi connectivity index (χ1) is 14.9. The molecule has 0 radical (unpaired) electrons. The van der Waals surface area contributed by atoms with Crippen LogP contribution in [0.4, 0.5) is 0 Å². The molecule has 0 N–H and O–H groups in total. The molecule has 0 unspecified atom stereocenters. The number of fused-ring (bicyclic) bond motifs is 1. The Bertz CT molecular complexity index is 1240. The first kappa shape index (κ1) is 20.4. The van der Waals surface area contributed by atoms with E-state index in [-0.39, 0.29) is 5.92 Å². The maximum atomic E-state index is 13.3. The van der Waals surface area contributed by atoms with Crippen LogP contribution in [-0.2, 0) is 10.0 Å². The Morgan fingerprint density at radius 2 is 1.71 bits per heavy atom. The summed E-state index contributed by atoms with van der Waals surface area (Å²) in [5, 5.41) is 13.4. The first-order valence-electron chi connectivity index (χ1n) is 10.8. The van der Waals surface area contributed by atoms with Gasteiger partial charge in [0.15, 0.2) is 11.5 Å². The van der Waals surface area contributed by atoms with E-state index >= 15 is 0 Å². The number of methoxy groups -OCH3 is 1. The van der Waals surface area contributed by atoms with Gasteiger partial charge in [0.2, 0.25) is 10.0 Å². The second-order valence-electron chi connectivity index (χ2n) is 8.63. The largest absolute Gasteiger partial charge is 0.496 e. The summed E-state index contributed by atoms with van der Waals surface area (Å²) in [5.41, 5.74) is 3.36. The van der Waals surface area contributed by atoms with E-state index in [0.29, 0.717) is 48.1 Å². The topological polar surface area (TPSA) is 89.7 Å². The number of hydrogen-bond acceptors (Lipinski definition) is 6. The molecule has 2 aliphatic rings. The quantitative estimate of drug-likeness (QED) is 0.604. The van der Waals surface area contributed by atoms with Crippen LogP contribution in [-0.4, -0.2) is 52.7 Å². The molecule has 2 aromatic heterocycles. The molecule has 164 valence electrons. The summed E-state index contributed by atoms with van der Waals surface area (Å²) < 4.78 is 35.4. The van der Waals surface area contributed by atoms with E-state index in [2.05, 4.69) is 10.2 Å². The average molecular weight is 442 g/mol. The van der Waals surface area contributed by atoms with Gasteiger partial charge in [0, 0.05) is 24.9 Å². The Hall–Kier alpha value is -2.52. The maximum absolute atomic E-state index is 13.3. The van der Waals surface area contributed by atoms with E-state index in [4.69, 9.17) is 9.84 Å². The normalized spacial score (nSPS) is 18.5. The molecule has 3 aromatic rings. The molecule has 1 saturated carbocycles. The van der Waals surface area contributed by atoms with Crippen molar-refractivity contribution in [2.45, 2.75) is 56.3 Å². The van der Waals surface area contributed by atoms with Crippen LogP contribution in [0.1, 0.15) is 60.2 Å². The minimum atomic E-state index is -3.57. The number of aryl methyl sites for hydroxylation is 2. The first-order valence-corrected chi connectivity index (χ1v) is 12.2. The standard InChI is InChI=1S/C22H27N5O3S/c1-14-13-20(15(2)12-19(14)30-3)31(28,29)26-10-8-17(9-11-26)22-24-23-21-7-6-18(16-4-5-16)25-27(21)22/h6-7,12-13,16-17H,4-5,8-11H2,1-3H3. The van der Waals surface area contributed by atoms with Crippen molar-refractivity contribution in [3.63, 3.8) is 0 Å². The fourth-order valence-electron chi connectivity index (χ4n) is 4.43. The highest BCUT2D eigenvalue weighted by Crippen LogP contribution is 2.39. The molecule has 1 saturated heterocycles. The van der Waals surface area contributed by atoms with E-state index in [0.717, 1.165) is 22.7 Å². The molecule has 5 rings (SSSR count). The van der Waals surface area contributed by atoms with Crippen molar-refractivity contribution in [2.24, 2.45) is 0 Å². The molecule has 0 bridgehead atoms. The Kier molecular flexibility index (Phi) is 4.97. The Balaban J connectivity index is 1.36. The van der Waals surface area contributed by atoms with E-state index in [1.165, 1.54) is 12.8 Å². The lowest BCUT2D eigenvalue weighted by Gasteiger charge is -2.31. The molecule has 1 aliphatic carbocycles. The van der Waals surface area contributed by atoms with Crippen molar-refractivity contribution in [2.75, 3.05) is 20.2 Å². The minimum Gasteiger partial charge on any atom is -0.496 e. The van der Waals surface area contributed by atoms with Crippen molar-refractivity contribution < 1.29 is 13.2 Å². The molecule has 9 heteroatoms. The van der Waals surface area contributed by atoms with Crippen LogP contribution in [0.5, 0.6) is 5.75 Å². The number of rotatable bonds is 5. The summed E-state index contributed by atoms with van der Waals surface area (Å²) in [6.07, 6.45) is 3.78. The third-order valence-electron chi connectivity index (χ3n) is 6.43. The summed E-state index contributed by atoms with van der Waals surface area (Å²) in [6.45, 7) is 4.58. The van der Waals surface area contributed by atoms with Gasteiger partial charge in [-0.25, -0.2) is 8.42 Å². The lowest BCUT2D eigenvalue weighted by molar-refractivity contribution is 0.311. The number of hydrogen-bond donors (Lipinski definition) is 0. The monoisotopic (exact) mass is 441 g/mol. The molecule has 0 amide bonds. The van der Waals surface area contributed by atoms with Gasteiger partial charge in [-0.3, -0.25) is 0 Å². The lowest BCUT2D eigenvalue weighted by atomic mass is 9.97. The Morgan fingerprint density at radius 3 is 2.39 bits per heavy atom. The van der Waals surface area contributed by atoms with Crippen molar-refractivity contribution >= 4 is 15.7 Å². The lowest BCUT2D eigenvalue weighted by Crippen LogP contribution is -2.38. The van der Waals surface area contributed by atoms with Gasteiger partial charge in [0.1, 0.15) is 5.75 Å². The average Bonchev–Trinajstić information content (AvgIpc) is 3.54. The zero-order valence-electron chi connectivity index (χ0n) is 18.1. The molecular weight excluding hydrogens is 414 g/mol. The molecule has 0 spiro atoms. The van der Waals surface area contributed by atoms with Crippen LogP contribution >= 0.6 is 0 Å². The highest BCUT2D eigenvalue weighted by Gasteiger charge is 2.33. The van der Waals surface area contributed by atoms with Crippen LogP contribution in [0.25, 0.3) is 5.65 Å². The van der Waals surface area contributed by atoms with Gasteiger partial charge in [-0.15, -0.1) is 10.2 Å². The van der Waals surface area contributed by atoms with Crippen LogP contribution < -0.4 is 4.74 Å². The van der Waals surface area contributed by atoms with Gasteiger partial charge in [0.05, 0.1) is 17.7 Å². The second kappa shape index (κ2) is 7.56. The van der Waals surface area contributed by atoms with Crippen LogP contribution in [0.15, 0.2) is 29.2 Å². The summed E-state index contributed by atoms with van der Waals surface area (Å²) in [5.74, 6) is 2.24. The molecule has 2 fully saturated rings. The van der Waals surface area contributed by atoms with Crippen molar-refractivity contribution in [3.8, 4) is 5.75 Å². The summed E-state index contributed by atoms with van der Waals surface area (Å²) in [6, 6.07) is 7.52. The third kappa shape index (κ3) is 3.59. The molecule has 1 aliphatic heterocycles. The van der Waals surface area contributed by atoms with Gasteiger partial charge in [-0.1, -0.05) is 0 Å².